The number of thiophene rings is 1. The van der Waals surface area contributed by atoms with Crippen LogP contribution in [-0.4, -0.2) is 16.5 Å². The number of anilines is 2. The van der Waals surface area contributed by atoms with Crippen LogP contribution in [0.1, 0.15) is 17.4 Å². The van der Waals surface area contributed by atoms with Gasteiger partial charge in [0, 0.05) is 17.0 Å². The maximum atomic E-state index is 5.81. The van der Waals surface area contributed by atoms with Crippen LogP contribution in [0.4, 0.5) is 11.6 Å². The summed E-state index contributed by atoms with van der Waals surface area (Å²) in [5.41, 5.74) is 6.81. The van der Waals surface area contributed by atoms with Crippen LogP contribution in [-0.2, 0) is 12.8 Å². The van der Waals surface area contributed by atoms with E-state index in [9.17, 15) is 0 Å². The summed E-state index contributed by atoms with van der Waals surface area (Å²) in [6.07, 6.45) is 3.35. The van der Waals surface area contributed by atoms with Crippen LogP contribution in [0.15, 0.2) is 23.8 Å². The fraction of sp³-hybridized carbons (Fsp3) is 0.333. The number of nitrogens with one attached hydrogen (secondary N) is 1. The van der Waals surface area contributed by atoms with Crippen molar-refractivity contribution >= 4 is 23.0 Å². The van der Waals surface area contributed by atoms with Gasteiger partial charge in [0.25, 0.3) is 0 Å². The van der Waals surface area contributed by atoms with Crippen molar-refractivity contribution in [2.24, 2.45) is 0 Å². The molecule has 2 rings (SSSR count). The number of aromatic nitrogens is 2. The van der Waals surface area contributed by atoms with Crippen LogP contribution < -0.4 is 11.1 Å². The molecule has 0 amide bonds. The molecule has 0 saturated carbocycles. The van der Waals surface area contributed by atoms with Crippen molar-refractivity contribution in [3.8, 4) is 0 Å². The Morgan fingerprint density at radius 2 is 2.29 bits per heavy atom. The molecule has 0 radical (unpaired) electrons. The first-order valence-electron chi connectivity index (χ1n) is 5.67. The standard InChI is InChI=1S/C12H16N4S/c1-2-10-11(13)15-8-16-12(10)14-6-5-9-4-3-7-17-9/h3-4,7-8H,2,5-6H2,1H3,(H3,13,14,15,16). The molecular weight excluding hydrogens is 232 g/mol. The molecule has 0 aliphatic rings. The van der Waals surface area contributed by atoms with E-state index in [1.807, 2.05) is 0 Å². The van der Waals surface area contributed by atoms with Crippen LogP contribution in [0.5, 0.6) is 0 Å². The molecule has 2 heterocycles. The normalized spacial score (nSPS) is 10.4. The molecule has 2 aromatic rings. The Morgan fingerprint density at radius 3 is 3.00 bits per heavy atom. The average Bonchev–Trinajstić information content (AvgIpc) is 2.82. The molecule has 0 spiro atoms. The molecule has 90 valence electrons. The third-order valence-corrected chi connectivity index (χ3v) is 3.51. The Morgan fingerprint density at radius 1 is 1.41 bits per heavy atom. The maximum Gasteiger partial charge on any atom is 0.134 e. The minimum Gasteiger partial charge on any atom is -0.383 e. The molecule has 0 aromatic carbocycles. The fourth-order valence-electron chi connectivity index (χ4n) is 1.69. The van der Waals surface area contributed by atoms with Crippen LogP contribution >= 0.6 is 11.3 Å². The van der Waals surface area contributed by atoms with E-state index in [-0.39, 0.29) is 0 Å². The molecular formula is C12H16N4S. The lowest BCUT2D eigenvalue weighted by atomic mass is 10.2. The molecule has 2 aromatic heterocycles. The van der Waals surface area contributed by atoms with Crippen molar-refractivity contribution in [3.05, 3.63) is 34.3 Å². The van der Waals surface area contributed by atoms with E-state index < -0.39 is 0 Å². The molecule has 5 heteroatoms. The highest BCUT2D eigenvalue weighted by molar-refractivity contribution is 7.09. The van der Waals surface area contributed by atoms with Crippen molar-refractivity contribution in [1.29, 1.82) is 0 Å². The highest BCUT2D eigenvalue weighted by Crippen LogP contribution is 2.17. The fourth-order valence-corrected chi connectivity index (χ4v) is 2.39. The van der Waals surface area contributed by atoms with Gasteiger partial charge in [-0.25, -0.2) is 9.97 Å². The van der Waals surface area contributed by atoms with Crippen LogP contribution in [0.2, 0.25) is 0 Å². The van der Waals surface area contributed by atoms with Crippen molar-refractivity contribution in [2.45, 2.75) is 19.8 Å². The Balaban J connectivity index is 1.97. The predicted octanol–water partition coefficient (Wildman–Crippen LogP) is 2.34. The van der Waals surface area contributed by atoms with Crippen LogP contribution in [0, 0.1) is 0 Å². The van der Waals surface area contributed by atoms with Crippen LogP contribution in [0.25, 0.3) is 0 Å². The zero-order valence-electron chi connectivity index (χ0n) is 9.81. The summed E-state index contributed by atoms with van der Waals surface area (Å²) in [6.45, 7) is 2.92. The Kier molecular flexibility index (Phi) is 3.93. The topological polar surface area (TPSA) is 63.8 Å². The molecule has 0 aliphatic heterocycles. The largest absolute Gasteiger partial charge is 0.383 e. The number of rotatable bonds is 5. The summed E-state index contributed by atoms with van der Waals surface area (Å²) in [5.74, 6) is 1.43. The van der Waals surface area contributed by atoms with Crippen molar-refractivity contribution in [1.82, 2.24) is 9.97 Å². The predicted molar refractivity (Wildman–Crippen MR) is 72.3 cm³/mol. The van der Waals surface area contributed by atoms with E-state index in [1.54, 1.807) is 11.3 Å². The first kappa shape index (κ1) is 11.9. The highest BCUT2D eigenvalue weighted by Gasteiger charge is 2.06. The summed E-state index contributed by atoms with van der Waals surface area (Å²) in [4.78, 5) is 9.60. The zero-order chi connectivity index (χ0) is 12.1. The van der Waals surface area contributed by atoms with Gasteiger partial charge >= 0.3 is 0 Å². The molecule has 3 N–H and O–H groups in total. The second-order valence-corrected chi connectivity index (χ2v) is 4.73. The zero-order valence-corrected chi connectivity index (χ0v) is 10.6. The average molecular weight is 248 g/mol. The third-order valence-electron chi connectivity index (χ3n) is 2.58. The number of hydrogen-bond acceptors (Lipinski definition) is 5. The molecule has 0 saturated heterocycles. The molecule has 0 bridgehead atoms. The highest BCUT2D eigenvalue weighted by atomic mass is 32.1. The summed E-state index contributed by atoms with van der Waals surface area (Å²) in [6, 6.07) is 4.21. The van der Waals surface area contributed by atoms with Crippen molar-refractivity contribution in [3.63, 3.8) is 0 Å². The molecule has 0 aliphatic carbocycles. The first-order chi connectivity index (χ1) is 8.31. The maximum absolute atomic E-state index is 5.81. The van der Waals surface area contributed by atoms with Gasteiger partial charge < -0.3 is 11.1 Å². The van der Waals surface area contributed by atoms with E-state index in [0.29, 0.717) is 5.82 Å². The second-order valence-electron chi connectivity index (χ2n) is 3.70. The van der Waals surface area contributed by atoms with E-state index >= 15 is 0 Å². The Hall–Kier alpha value is -1.62. The van der Waals surface area contributed by atoms with Gasteiger partial charge in [0.05, 0.1) is 0 Å². The Labute approximate surface area is 105 Å². The van der Waals surface area contributed by atoms with Gasteiger partial charge in [0.1, 0.15) is 18.0 Å². The molecule has 0 unspecified atom stereocenters. The number of hydrogen-bond donors (Lipinski definition) is 2. The monoisotopic (exact) mass is 248 g/mol. The van der Waals surface area contributed by atoms with Gasteiger partial charge in [-0.15, -0.1) is 11.3 Å². The molecule has 0 fully saturated rings. The van der Waals surface area contributed by atoms with Gasteiger partial charge in [-0.05, 0) is 24.3 Å². The van der Waals surface area contributed by atoms with Gasteiger partial charge in [-0.3, -0.25) is 0 Å². The smallest absolute Gasteiger partial charge is 0.134 e. The minimum absolute atomic E-state index is 0.570. The third kappa shape index (κ3) is 2.94. The lowest BCUT2D eigenvalue weighted by Crippen LogP contribution is -2.10. The van der Waals surface area contributed by atoms with E-state index in [4.69, 9.17) is 5.73 Å². The molecule has 17 heavy (non-hydrogen) atoms. The minimum atomic E-state index is 0.570. The quantitative estimate of drug-likeness (QED) is 0.852. The number of nitrogens with zero attached hydrogens (tertiary/aromatic N) is 2. The SMILES string of the molecule is CCc1c(N)ncnc1NCCc1cccs1. The lowest BCUT2D eigenvalue weighted by molar-refractivity contribution is 0.989. The molecule has 4 nitrogen and oxygen atoms in total. The van der Waals surface area contributed by atoms with Gasteiger partial charge in [-0.2, -0.15) is 0 Å². The van der Waals surface area contributed by atoms with Crippen LogP contribution in [0.3, 0.4) is 0 Å². The summed E-state index contributed by atoms with van der Waals surface area (Å²) < 4.78 is 0. The van der Waals surface area contributed by atoms with E-state index in [2.05, 4.69) is 39.7 Å². The Bertz CT molecular complexity index is 467. The first-order valence-corrected chi connectivity index (χ1v) is 6.54. The van der Waals surface area contributed by atoms with E-state index in [0.717, 1.165) is 30.8 Å². The summed E-state index contributed by atoms with van der Waals surface area (Å²) in [5, 5.41) is 5.41. The second kappa shape index (κ2) is 5.63. The number of nitrogen functional groups attached to an aromatic ring is 1. The van der Waals surface area contributed by atoms with Crippen molar-refractivity contribution in [2.75, 3.05) is 17.6 Å². The summed E-state index contributed by atoms with van der Waals surface area (Å²) in [7, 11) is 0. The van der Waals surface area contributed by atoms with E-state index in [1.165, 1.54) is 11.2 Å². The number of nitrogens with two attached hydrogens (primary N) is 1. The summed E-state index contributed by atoms with van der Waals surface area (Å²) >= 11 is 1.77. The van der Waals surface area contributed by atoms with Gasteiger partial charge in [0.15, 0.2) is 0 Å². The lowest BCUT2D eigenvalue weighted by Gasteiger charge is -2.10. The molecule has 0 atom stereocenters. The van der Waals surface area contributed by atoms with Crippen molar-refractivity contribution < 1.29 is 0 Å². The van der Waals surface area contributed by atoms with Gasteiger partial charge in [0.2, 0.25) is 0 Å². The van der Waals surface area contributed by atoms with Gasteiger partial charge in [-0.1, -0.05) is 13.0 Å².